The van der Waals surface area contributed by atoms with Gasteiger partial charge in [-0.05, 0) is 0 Å². The third kappa shape index (κ3) is 5.26. The Morgan fingerprint density at radius 2 is 2.26 bits per heavy atom. The van der Waals surface area contributed by atoms with Gasteiger partial charge in [-0.25, -0.2) is 4.98 Å². The molecule has 1 saturated heterocycles. The minimum absolute atomic E-state index is 0.000177. The van der Waals surface area contributed by atoms with Crippen LogP contribution in [0.2, 0.25) is 0 Å². The zero-order chi connectivity index (χ0) is 17.0. The van der Waals surface area contributed by atoms with Crippen molar-refractivity contribution in [3.63, 3.8) is 0 Å². The van der Waals surface area contributed by atoms with E-state index in [0.717, 1.165) is 10.7 Å². The molecule has 0 saturated carbocycles. The van der Waals surface area contributed by atoms with Crippen LogP contribution < -0.4 is 5.32 Å². The lowest BCUT2D eigenvalue weighted by Crippen LogP contribution is -2.45. The molecule has 7 nitrogen and oxygen atoms in total. The summed E-state index contributed by atoms with van der Waals surface area (Å²) in [6.45, 7) is 7.93. The number of aromatic nitrogens is 1. The van der Waals surface area contributed by atoms with Crippen molar-refractivity contribution in [2.45, 2.75) is 32.3 Å². The second-order valence-corrected chi connectivity index (χ2v) is 7.48. The predicted molar refractivity (Wildman–Crippen MR) is 86.6 cm³/mol. The first-order valence-electron chi connectivity index (χ1n) is 7.54. The molecule has 1 unspecified atom stereocenters. The fraction of sp³-hybridized carbons (Fsp3) is 0.667. The van der Waals surface area contributed by atoms with Gasteiger partial charge in [0.2, 0.25) is 5.91 Å². The van der Waals surface area contributed by atoms with Crippen molar-refractivity contribution in [1.82, 2.24) is 15.2 Å². The van der Waals surface area contributed by atoms with E-state index in [-0.39, 0.29) is 30.5 Å². The first-order chi connectivity index (χ1) is 10.8. The van der Waals surface area contributed by atoms with Gasteiger partial charge in [0.05, 0.1) is 18.8 Å². The molecule has 1 atom stereocenters. The number of hydrogen-bond donors (Lipinski definition) is 2. The first-order valence-corrected chi connectivity index (χ1v) is 8.42. The first kappa shape index (κ1) is 17.8. The maximum Gasteiger partial charge on any atom is 0.322 e. The molecule has 1 aliphatic heterocycles. The molecule has 1 fully saturated rings. The second kappa shape index (κ2) is 7.37. The highest BCUT2D eigenvalue weighted by Crippen LogP contribution is 2.29. The number of morpholine rings is 1. The van der Waals surface area contributed by atoms with Crippen molar-refractivity contribution >= 4 is 23.2 Å². The maximum atomic E-state index is 11.7. The molecule has 1 aromatic rings. The average Bonchev–Trinajstić information content (AvgIpc) is 2.95. The quantitative estimate of drug-likeness (QED) is 0.831. The van der Waals surface area contributed by atoms with Crippen LogP contribution in [0.15, 0.2) is 5.38 Å². The minimum atomic E-state index is -1.05. The topological polar surface area (TPSA) is 91.8 Å². The molecular formula is C15H23N3O4S. The van der Waals surface area contributed by atoms with Crippen molar-refractivity contribution < 1.29 is 19.4 Å². The number of carboxylic acids is 1. The zero-order valence-electron chi connectivity index (χ0n) is 13.7. The lowest BCUT2D eigenvalue weighted by atomic mass is 9.93. The van der Waals surface area contributed by atoms with Crippen LogP contribution in [0.25, 0.3) is 0 Å². The molecule has 128 valence electrons. The Bertz CT molecular complexity index is 567. The van der Waals surface area contributed by atoms with Crippen molar-refractivity contribution in [2.75, 3.05) is 32.8 Å². The van der Waals surface area contributed by atoms with Gasteiger partial charge in [0.1, 0.15) is 17.7 Å². The summed E-state index contributed by atoms with van der Waals surface area (Å²) >= 11 is 1.58. The molecule has 8 heteroatoms. The maximum absolute atomic E-state index is 11.7. The summed E-state index contributed by atoms with van der Waals surface area (Å²) < 4.78 is 5.78. The minimum Gasteiger partial charge on any atom is -0.480 e. The molecule has 2 N–H and O–H groups in total. The van der Waals surface area contributed by atoms with Gasteiger partial charge in [-0.3, -0.25) is 14.5 Å². The molecule has 2 rings (SSSR count). The monoisotopic (exact) mass is 341 g/mol. The van der Waals surface area contributed by atoms with Crippen LogP contribution in [0.4, 0.5) is 0 Å². The summed E-state index contributed by atoms with van der Waals surface area (Å²) in [6.07, 6.45) is -0.142. The lowest BCUT2D eigenvalue weighted by Gasteiger charge is -2.31. The van der Waals surface area contributed by atoms with Crippen LogP contribution in [0.1, 0.15) is 37.6 Å². The van der Waals surface area contributed by atoms with Gasteiger partial charge in [0.15, 0.2) is 0 Å². The molecular weight excluding hydrogens is 318 g/mol. The number of aliphatic carboxylic acids is 1. The van der Waals surface area contributed by atoms with Crippen LogP contribution in [-0.4, -0.2) is 59.7 Å². The van der Waals surface area contributed by atoms with E-state index in [2.05, 4.69) is 36.5 Å². The average molecular weight is 341 g/mol. The number of ether oxygens (including phenoxy) is 1. The van der Waals surface area contributed by atoms with Crippen LogP contribution in [0, 0.1) is 0 Å². The second-order valence-electron chi connectivity index (χ2n) is 6.59. The summed E-state index contributed by atoms with van der Waals surface area (Å²) in [7, 11) is 0. The third-order valence-electron chi connectivity index (χ3n) is 3.52. The highest BCUT2D eigenvalue weighted by molar-refractivity contribution is 7.09. The zero-order valence-corrected chi connectivity index (χ0v) is 14.5. The van der Waals surface area contributed by atoms with Gasteiger partial charge in [-0.15, -0.1) is 11.3 Å². The van der Waals surface area contributed by atoms with Crippen LogP contribution in [0.5, 0.6) is 0 Å². The number of rotatable bonds is 5. The normalized spacial score (nSPS) is 19.5. The molecule has 1 aromatic heterocycles. The van der Waals surface area contributed by atoms with E-state index in [1.54, 1.807) is 11.3 Å². The van der Waals surface area contributed by atoms with Crippen LogP contribution in [-0.2, 0) is 19.7 Å². The molecule has 0 radical (unpaired) electrons. The number of carbonyl (C=O) groups excluding carboxylic acids is 1. The van der Waals surface area contributed by atoms with E-state index in [9.17, 15) is 9.59 Å². The van der Waals surface area contributed by atoms with Gasteiger partial charge >= 0.3 is 5.97 Å². The Morgan fingerprint density at radius 3 is 2.87 bits per heavy atom. The van der Waals surface area contributed by atoms with Crippen molar-refractivity contribution in [2.24, 2.45) is 0 Å². The lowest BCUT2D eigenvalue weighted by molar-refractivity contribution is -0.138. The smallest absolute Gasteiger partial charge is 0.322 e. The Hall–Kier alpha value is -1.51. The highest BCUT2D eigenvalue weighted by atomic mass is 32.1. The van der Waals surface area contributed by atoms with Crippen molar-refractivity contribution in [1.29, 1.82) is 0 Å². The van der Waals surface area contributed by atoms with Crippen LogP contribution >= 0.6 is 11.3 Å². The van der Waals surface area contributed by atoms with Gasteiger partial charge in [0.25, 0.3) is 0 Å². The Morgan fingerprint density at radius 1 is 1.52 bits per heavy atom. The van der Waals surface area contributed by atoms with E-state index >= 15 is 0 Å². The molecule has 0 aromatic carbocycles. The number of nitrogens with one attached hydrogen (secondary N) is 1. The van der Waals surface area contributed by atoms with Gasteiger partial charge in [-0.2, -0.15) is 0 Å². The van der Waals surface area contributed by atoms with Gasteiger partial charge < -0.3 is 15.2 Å². The molecule has 0 bridgehead atoms. The molecule has 2 heterocycles. The van der Waals surface area contributed by atoms with Gasteiger partial charge in [-0.1, -0.05) is 20.8 Å². The van der Waals surface area contributed by atoms with E-state index in [4.69, 9.17) is 9.84 Å². The Balaban J connectivity index is 1.91. The Labute approximate surface area is 139 Å². The molecule has 23 heavy (non-hydrogen) atoms. The molecule has 1 amide bonds. The van der Waals surface area contributed by atoms with E-state index in [1.165, 1.54) is 0 Å². The number of nitrogens with zero attached hydrogens (tertiary/aromatic N) is 2. The predicted octanol–water partition coefficient (Wildman–Crippen LogP) is 1.01. The molecule has 0 spiro atoms. The standard InChI is InChI=1S/C15H23N3O4S/c1-15(2,3)11-9-23-14(17-11)10-7-18(4-5-22-10)8-12(19)16-6-13(20)21/h9-10H,4-8H2,1-3H3,(H,16,19)(H,20,21). The van der Waals surface area contributed by atoms with E-state index in [1.807, 2.05) is 4.90 Å². The molecule has 1 aliphatic rings. The summed E-state index contributed by atoms with van der Waals surface area (Å²) in [4.78, 5) is 28.8. The largest absolute Gasteiger partial charge is 0.480 e. The number of carbonyl (C=O) groups is 2. The molecule has 0 aliphatic carbocycles. The highest BCUT2D eigenvalue weighted by Gasteiger charge is 2.27. The van der Waals surface area contributed by atoms with Crippen molar-refractivity contribution in [3.8, 4) is 0 Å². The third-order valence-corrected chi connectivity index (χ3v) is 4.46. The van der Waals surface area contributed by atoms with E-state index in [0.29, 0.717) is 19.7 Å². The summed E-state index contributed by atoms with van der Waals surface area (Å²) in [5.74, 6) is -1.33. The SMILES string of the molecule is CC(C)(C)c1csc(C2CN(CC(=O)NCC(=O)O)CCO2)n1. The van der Waals surface area contributed by atoms with Crippen LogP contribution in [0.3, 0.4) is 0 Å². The van der Waals surface area contributed by atoms with E-state index < -0.39 is 5.97 Å². The number of amides is 1. The number of hydrogen-bond acceptors (Lipinski definition) is 6. The summed E-state index contributed by atoms with van der Waals surface area (Å²) in [5.41, 5.74) is 1.04. The fourth-order valence-corrected chi connectivity index (χ4v) is 3.29. The van der Waals surface area contributed by atoms with Gasteiger partial charge in [0, 0.05) is 23.9 Å². The number of carboxylic acid groups (broad SMARTS) is 1. The number of thiazole rings is 1. The van der Waals surface area contributed by atoms with Crippen molar-refractivity contribution in [3.05, 3.63) is 16.1 Å². The fourth-order valence-electron chi connectivity index (χ4n) is 2.21. The summed E-state index contributed by atoms with van der Waals surface area (Å²) in [5, 5.41) is 13.9. The summed E-state index contributed by atoms with van der Waals surface area (Å²) in [6, 6.07) is 0. The Kier molecular flexibility index (Phi) is 5.72.